The lowest BCUT2D eigenvalue weighted by molar-refractivity contribution is -0.139. The summed E-state index contributed by atoms with van der Waals surface area (Å²) in [6, 6.07) is 16.6. The molecule has 0 spiro atoms. The normalized spacial score (nSPS) is 10.9. The summed E-state index contributed by atoms with van der Waals surface area (Å²) in [6.07, 6.45) is 4.97. The van der Waals surface area contributed by atoms with Crippen molar-refractivity contribution in [3.05, 3.63) is 76.3 Å². The van der Waals surface area contributed by atoms with Crippen LogP contribution in [0.5, 0.6) is 0 Å². The van der Waals surface area contributed by atoms with Gasteiger partial charge in [-0.3, -0.25) is 9.36 Å². The molecule has 0 fully saturated rings. The molecule has 0 saturated heterocycles. The Kier molecular flexibility index (Phi) is 6.25. The molecule has 3 aromatic rings. The molecule has 140 valence electrons. The van der Waals surface area contributed by atoms with Crippen LogP contribution >= 0.6 is 11.8 Å². The number of hydrogen-bond acceptors (Lipinski definition) is 6. The average molecular weight is 391 g/mol. The molecule has 1 aromatic heterocycles. The summed E-state index contributed by atoms with van der Waals surface area (Å²) >= 11 is 1.64. The molecule has 0 N–H and O–H groups in total. The number of hydrogen-bond donors (Lipinski definition) is 0. The Balaban J connectivity index is 1.76. The lowest BCUT2D eigenvalue weighted by Crippen LogP contribution is -2.26. The van der Waals surface area contributed by atoms with Crippen molar-refractivity contribution in [3.63, 3.8) is 0 Å². The highest BCUT2D eigenvalue weighted by Crippen LogP contribution is 2.15. The lowest BCUT2D eigenvalue weighted by Gasteiger charge is -2.10. The van der Waals surface area contributed by atoms with E-state index in [9.17, 15) is 9.59 Å². The first kappa shape index (κ1) is 19.4. The molecule has 1 heterocycles. The van der Waals surface area contributed by atoms with Crippen molar-refractivity contribution in [2.24, 2.45) is 0 Å². The summed E-state index contributed by atoms with van der Waals surface area (Å²) in [7, 11) is 0. The number of nitriles is 1. The van der Waals surface area contributed by atoms with Crippen LogP contribution in [0, 0.1) is 11.3 Å². The van der Waals surface area contributed by atoms with Gasteiger partial charge in [0.2, 0.25) is 0 Å². The molecule has 0 atom stereocenters. The SMILES string of the molecule is CSc1ccc(C=CC(=O)OCc2nc3ccccc3c(=O)n2CC#N)cc1. The highest BCUT2D eigenvalue weighted by Gasteiger charge is 2.12. The summed E-state index contributed by atoms with van der Waals surface area (Å²) in [5.74, 6) is -0.323. The molecule has 0 bridgehead atoms. The van der Waals surface area contributed by atoms with Gasteiger partial charge in [0.05, 0.1) is 17.0 Å². The van der Waals surface area contributed by atoms with E-state index in [4.69, 9.17) is 10.00 Å². The molecular weight excluding hydrogens is 374 g/mol. The van der Waals surface area contributed by atoms with E-state index in [2.05, 4.69) is 4.98 Å². The summed E-state index contributed by atoms with van der Waals surface area (Å²) in [4.78, 5) is 30.1. The highest BCUT2D eigenvalue weighted by molar-refractivity contribution is 7.98. The lowest BCUT2D eigenvalue weighted by atomic mass is 10.2. The number of carbonyl (C=O) groups is 1. The predicted molar refractivity (Wildman–Crippen MR) is 109 cm³/mol. The minimum absolute atomic E-state index is 0.165. The molecule has 0 radical (unpaired) electrons. The van der Waals surface area contributed by atoms with Crippen LogP contribution < -0.4 is 5.56 Å². The van der Waals surface area contributed by atoms with Gasteiger partial charge in [0, 0.05) is 11.0 Å². The molecule has 0 amide bonds. The molecule has 0 aliphatic heterocycles. The van der Waals surface area contributed by atoms with Gasteiger partial charge in [0.15, 0.2) is 5.82 Å². The fourth-order valence-electron chi connectivity index (χ4n) is 2.62. The summed E-state index contributed by atoms with van der Waals surface area (Å²) in [5.41, 5.74) is 1.04. The number of aromatic nitrogens is 2. The largest absolute Gasteiger partial charge is 0.454 e. The van der Waals surface area contributed by atoms with Crippen LogP contribution in [-0.4, -0.2) is 21.8 Å². The minimum Gasteiger partial charge on any atom is -0.454 e. The molecule has 28 heavy (non-hydrogen) atoms. The van der Waals surface area contributed by atoms with E-state index in [1.165, 1.54) is 10.6 Å². The number of benzene rings is 2. The molecule has 0 unspecified atom stereocenters. The van der Waals surface area contributed by atoms with Crippen molar-refractivity contribution in [1.82, 2.24) is 9.55 Å². The quantitative estimate of drug-likeness (QED) is 0.364. The first-order chi connectivity index (χ1) is 13.6. The molecule has 3 rings (SSSR count). The topological polar surface area (TPSA) is 85.0 Å². The Morgan fingerprint density at radius 2 is 2.00 bits per heavy atom. The Morgan fingerprint density at radius 3 is 2.71 bits per heavy atom. The van der Waals surface area contributed by atoms with E-state index in [1.54, 1.807) is 42.1 Å². The van der Waals surface area contributed by atoms with Gasteiger partial charge in [-0.15, -0.1) is 11.8 Å². The van der Waals surface area contributed by atoms with Crippen LogP contribution in [0.3, 0.4) is 0 Å². The maximum atomic E-state index is 12.6. The van der Waals surface area contributed by atoms with Gasteiger partial charge in [-0.1, -0.05) is 24.3 Å². The Morgan fingerprint density at radius 1 is 1.25 bits per heavy atom. The number of thioether (sulfide) groups is 1. The van der Waals surface area contributed by atoms with E-state index >= 15 is 0 Å². The van der Waals surface area contributed by atoms with E-state index in [1.807, 2.05) is 36.6 Å². The molecular formula is C21H17N3O3S. The second-order valence-corrected chi connectivity index (χ2v) is 6.69. The van der Waals surface area contributed by atoms with Crippen LogP contribution in [0.25, 0.3) is 17.0 Å². The summed E-state index contributed by atoms with van der Waals surface area (Å²) in [6.45, 7) is -0.364. The molecule has 2 aromatic carbocycles. The van der Waals surface area contributed by atoms with E-state index in [0.29, 0.717) is 10.9 Å². The fraction of sp³-hybridized carbons (Fsp3) is 0.143. The smallest absolute Gasteiger partial charge is 0.331 e. The second-order valence-electron chi connectivity index (χ2n) is 5.81. The molecule has 0 saturated carbocycles. The van der Waals surface area contributed by atoms with Crippen LogP contribution in [0.15, 0.2) is 64.3 Å². The van der Waals surface area contributed by atoms with Gasteiger partial charge in [0.1, 0.15) is 13.2 Å². The van der Waals surface area contributed by atoms with Gasteiger partial charge in [-0.25, -0.2) is 9.78 Å². The monoisotopic (exact) mass is 391 g/mol. The van der Waals surface area contributed by atoms with Crippen molar-refractivity contribution in [1.29, 1.82) is 5.26 Å². The number of fused-ring (bicyclic) bond motifs is 1. The Hall–Kier alpha value is -3.37. The third-order valence-electron chi connectivity index (χ3n) is 4.04. The third kappa shape index (κ3) is 4.48. The number of para-hydroxylation sites is 1. The van der Waals surface area contributed by atoms with E-state index in [-0.39, 0.29) is 24.5 Å². The zero-order valence-corrected chi connectivity index (χ0v) is 16.0. The van der Waals surface area contributed by atoms with Crippen molar-refractivity contribution < 1.29 is 9.53 Å². The van der Waals surface area contributed by atoms with Crippen molar-refractivity contribution in [3.8, 4) is 6.07 Å². The average Bonchev–Trinajstić information content (AvgIpc) is 2.73. The van der Waals surface area contributed by atoms with Crippen LogP contribution in [0.1, 0.15) is 11.4 Å². The maximum absolute atomic E-state index is 12.6. The van der Waals surface area contributed by atoms with Crippen molar-refractivity contribution in [2.45, 2.75) is 18.0 Å². The Labute approximate surface area is 166 Å². The van der Waals surface area contributed by atoms with Gasteiger partial charge in [-0.05, 0) is 42.2 Å². The number of ether oxygens (including phenoxy) is 1. The van der Waals surface area contributed by atoms with Gasteiger partial charge in [0.25, 0.3) is 5.56 Å². The molecule has 7 heteroatoms. The summed E-state index contributed by atoms with van der Waals surface area (Å²) in [5, 5.41) is 9.43. The third-order valence-corrected chi connectivity index (χ3v) is 4.78. The van der Waals surface area contributed by atoms with Crippen LogP contribution in [0.4, 0.5) is 0 Å². The van der Waals surface area contributed by atoms with Crippen molar-refractivity contribution in [2.75, 3.05) is 6.26 Å². The molecule has 6 nitrogen and oxygen atoms in total. The zero-order chi connectivity index (χ0) is 19.9. The van der Waals surface area contributed by atoms with Gasteiger partial charge >= 0.3 is 5.97 Å². The summed E-state index contributed by atoms with van der Waals surface area (Å²) < 4.78 is 6.45. The minimum atomic E-state index is -0.556. The first-order valence-electron chi connectivity index (χ1n) is 8.46. The molecule has 0 aliphatic rings. The van der Waals surface area contributed by atoms with Gasteiger partial charge < -0.3 is 4.74 Å². The van der Waals surface area contributed by atoms with Gasteiger partial charge in [-0.2, -0.15) is 5.26 Å². The number of rotatable bonds is 6. The Bertz CT molecular complexity index is 1130. The van der Waals surface area contributed by atoms with Crippen LogP contribution in [0.2, 0.25) is 0 Å². The second kappa shape index (κ2) is 9.02. The highest BCUT2D eigenvalue weighted by atomic mass is 32.2. The maximum Gasteiger partial charge on any atom is 0.331 e. The standard InChI is InChI=1S/C21H17N3O3S/c1-28-16-9-6-15(7-10-16)8-11-20(25)27-14-19-23-18-5-3-2-4-17(18)21(26)24(19)13-12-22/h2-11H,13-14H2,1H3. The van der Waals surface area contributed by atoms with Crippen LogP contribution in [-0.2, 0) is 22.7 Å². The fourth-order valence-corrected chi connectivity index (χ4v) is 3.03. The zero-order valence-electron chi connectivity index (χ0n) is 15.2. The number of esters is 1. The van der Waals surface area contributed by atoms with Crippen molar-refractivity contribution >= 4 is 34.7 Å². The predicted octanol–water partition coefficient (Wildman–Crippen LogP) is 3.40. The van der Waals surface area contributed by atoms with E-state index in [0.717, 1.165) is 10.5 Å². The molecule has 0 aliphatic carbocycles. The number of carbonyl (C=O) groups excluding carboxylic acids is 1. The first-order valence-corrected chi connectivity index (χ1v) is 9.69. The number of nitrogens with zero attached hydrogens (tertiary/aromatic N) is 3. The van der Waals surface area contributed by atoms with E-state index < -0.39 is 5.97 Å².